The average molecular weight is 496 g/mol. The summed E-state index contributed by atoms with van der Waals surface area (Å²) in [6.07, 6.45) is 9.02. The zero-order valence-corrected chi connectivity index (χ0v) is 21.3. The highest BCUT2D eigenvalue weighted by Gasteiger charge is 2.44. The summed E-state index contributed by atoms with van der Waals surface area (Å²) in [5.41, 5.74) is 2.74. The fourth-order valence-corrected chi connectivity index (χ4v) is 5.44. The quantitative estimate of drug-likeness (QED) is 0.278. The number of methoxy groups -OCH3 is 1. The van der Waals surface area contributed by atoms with Crippen molar-refractivity contribution < 1.29 is 34.8 Å². The third-order valence-electron chi connectivity index (χ3n) is 7.12. The molecule has 0 aliphatic heterocycles. The van der Waals surface area contributed by atoms with Gasteiger partial charge in [0.2, 0.25) is 0 Å². The van der Waals surface area contributed by atoms with E-state index in [1.807, 2.05) is 0 Å². The van der Waals surface area contributed by atoms with E-state index in [0.29, 0.717) is 30.8 Å². The number of carbonyl (C=O) groups excluding carboxylic acids is 2. The SMILES string of the molecule is CCCCC[C@H](O)CC[C@@H]1[C@H]2Cc3cccc(OC)c3C[C@H]2C[C@H]1O.O=C=O.OCCNCCO. The predicted octanol–water partition coefficient (Wildman–Crippen LogP) is 2.11. The van der Waals surface area contributed by atoms with E-state index in [1.165, 1.54) is 24.0 Å². The summed E-state index contributed by atoms with van der Waals surface area (Å²) in [4.78, 5) is 16.2. The Morgan fingerprint density at radius 1 is 1.11 bits per heavy atom. The van der Waals surface area contributed by atoms with Crippen LogP contribution in [-0.2, 0) is 22.4 Å². The van der Waals surface area contributed by atoms with Crippen molar-refractivity contribution in [3.05, 3.63) is 29.3 Å². The lowest BCUT2D eigenvalue weighted by Gasteiger charge is -2.32. The number of aliphatic hydroxyl groups is 4. The van der Waals surface area contributed by atoms with Gasteiger partial charge in [-0.2, -0.15) is 9.59 Å². The van der Waals surface area contributed by atoms with Crippen LogP contribution >= 0.6 is 0 Å². The lowest BCUT2D eigenvalue weighted by Crippen LogP contribution is -2.28. The standard InChI is InChI=1S/C22H34O3.C4H11NO2.CO2/c1-3-4-5-8-17(23)10-11-18-19-12-15-7-6-9-22(25-2)20(15)13-16(19)14-21(18)24;6-3-1-5-2-4-7;2-1-3/h6-7,9,16-19,21,23-24H,3-5,8,10-14H2,1-2H3;5-7H,1-4H2;/t16-,17-,18+,19-,21+;;/m0../s1. The van der Waals surface area contributed by atoms with Crippen LogP contribution in [-0.4, -0.2) is 72.2 Å². The zero-order chi connectivity index (χ0) is 26.1. The van der Waals surface area contributed by atoms with Crippen LogP contribution in [0.1, 0.15) is 63.0 Å². The minimum Gasteiger partial charge on any atom is -0.496 e. The van der Waals surface area contributed by atoms with Gasteiger partial charge in [-0.05, 0) is 73.5 Å². The Morgan fingerprint density at radius 3 is 2.40 bits per heavy atom. The molecule has 0 aromatic heterocycles. The summed E-state index contributed by atoms with van der Waals surface area (Å²) in [6.45, 7) is 3.61. The van der Waals surface area contributed by atoms with E-state index in [2.05, 4.69) is 30.4 Å². The van der Waals surface area contributed by atoms with Gasteiger partial charge in [0.05, 0.1) is 32.5 Å². The fraction of sp³-hybridized carbons (Fsp3) is 0.741. The van der Waals surface area contributed by atoms with Gasteiger partial charge in [-0.3, -0.25) is 0 Å². The van der Waals surface area contributed by atoms with Gasteiger partial charge < -0.3 is 30.5 Å². The van der Waals surface area contributed by atoms with Gasteiger partial charge >= 0.3 is 6.15 Å². The van der Waals surface area contributed by atoms with Crippen LogP contribution < -0.4 is 10.1 Å². The molecule has 0 radical (unpaired) electrons. The lowest BCUT2D eigenvalue weighted by atomic mass is 9.73. The van der Waals surface area contributed by atoms with Crippen molar-refractivity contribution in [2.45, 2.75) is 76.9 Å². The first kappa shape index (κ1) is 31.2. The topological polar surface area (TPSA) is 136 Å². The second-order valence-corrected chi connectivity index (χ2v) is 9.40. The average Bonchev–Trinajstić information content (AvgIpc) is 3.16. The first-order valence-electron chi connectivity index (χ1n) is 12.9. The highest BCUT2D eigenvalue weighted by Crippen LogP contribution is 2.48. The summed E-state index contributed by atoms with van der Waals surface area (Å²) in [7, 11) is 1.74. The summed E-state index contributed by atoms with van der Waals surface area (Å²) < 4.78 is 5.54. The van der Waals surface area contributed by atoms with E-state index >= 15 is 0 Å². The van der Waals surface area contributed by atoms with Gasteiger partial charge in [0.25, 0.3) is 0 Å². The molecule has 200 valence electrons. The molecule has 35 heavy (non-hydrogen) atoms. The van der Waals surface area contributed by atoms with Gasteiger partial charge in [-0.1, -0.05) is 38.3 Å². The van der Waals surface area contributed by atoms with E-state index in [1.54, 1.807) is 7.11 Å². The zero-order valence-electron chi connectivity index (χ0n) is 21.3. The van der Waals surface area contributed by atoms with Gasteiger partial charge in [-0.15, -0.1) is 0 Å². The third-order valence-corrected chi connectivity index (χ3v) is 7.12. The lowest BCUT2D eigenvalue weighted by molar-refractivity contribution is -0.191. The number of benzene rings is 1. The maximum absolute atomic E-state index is 10.6. The molecule has 0 saturated heterocycles. The van der Waals surface area contributed by atoms with Gasteiger partial charge in [-0.25, -0.2) is 0 Å². The molecular weight excluding hydrogens is 450 g/mol. The normalized spacial score (nSPS) is 22.9. The summed E-state index contributed by atoms with van der Waals surface area (Å²) >= 11 is 0. The summed E-state index contributed by atoms with van der Waals surface area (Å²) in [5, 5.41) is 40.0. The van der Waals surface area contributed by atoms with Crippen LogP contribution in [0.5, 0.6) is 5.75 Å². The number of hydrogen-bond acceptors (Lipinski definition) is 8. The summed E-state index contributed by atoms with van der Waals surface area (Å²) in [6, 6.07) is 6.35. The third kappa shape index (κ3) is 10.8. The number of nitrogens with one attached hydrogen (secondary N) is 1. The molecule has 0 amide bonds. The first-order chi connectivity index (χ1) is 17.0. The van der Waals surface area contributed by atoms with Gasteiger partial charge in [0.1, 0.15) is 5.75 Å². The van der Waals surface area contributed by atoms with Crippen molar-refractivity contribution in [1.82, 2.24) is 5.32 Å². The molecule has 8 heteroatoms. The molecular formula is C27H45NO7. The molecule has 0 unspecified atom stereocenters. The van der Waals surface area contributed by atoms with Crippen molar-refractivity contribution in [2.24, 2.45) is 17.8 Å². The molecule has 0 spiro atoms. The Bertz CT molecular complexity index is 719. The molecule has 1 aromatic carbocycles. The molecule has 1 aromatic rings. The molecule has 1 saturated carbocycles. The molecule has 2 aliphatic rings. The van der Waals surface area contributed by atoms with Crippen LogP contribution in [0.25, 0.3) is 0 Å². The molecule has 5 N–H and O–H groups in total. The molecule has 8 nitrogen and oxygen atoms in total. The van der Waals surface area contributed by atoms with E-state index in [0.717, 1.165) is 50.7 Å². The van der Waals surface area contributed by atoms with E-state index in [9.17, 15) is 10.2 Å². The number of hydrogen-bond donors (Lipinski definition) is 5. The molecule has 0 bridgehead atoms. The maximum atomic E-state index is 10.6. The van der Waals surface area contributed by atoms with Crippen molar-refractivity contribution in [3.8, 4) is 5.75 Å². The predicted molar refractivity (Wildman–Crippen MR) is 133 cm³/mol. The van der Waals surface area contributed by atoms with E-state index in [-0.39, 0.29) is 31.6 Å². The maximum Gasteiger partial charge on any atom is 0.373 e. The molecule has 2 aliphatic carbocycles. The minimum atomic E-state index is -0.210. The van der Waals surface area contributed by atoms with Crippen LogP contribution in [0.15, 0.2) is 18.2 Å². The van der Waals surface area contributed by atoms with Crippen molar-refractivity contribution in [3.63, 3.8) is 0 Å². The highest BCUT2D eigenvalue weighted by molar-refractivity contribution is 5.43. The number of unbranched alkanes of at least 4 members (excludes halogenated alkanes) is 2. The van der Waals surface area contributed by atoms with Crippen LogP contribution in [0.2, 0.25) is 0 Å². The van der Waals surface area contributed by atoms with Gasteiger partial charge in [0, 0.05) is 13.1 Å². The van der Waals surface area contributed by atoms with Crippen molar-refractivity contribution in [1.29, 1.82) is 0 Å². The number of fused-ring (bicyclic) bond motifs is 2. The highest BCUT2D eigenvalue weighted by atomic mass is 16.5. The first-order valence-corrected chi connectivity index (χ1v) is 12.9. The molecule has 3 rings (SSSR count). The number of aliphatic hydroxyl groups excluding tert-OH is 4. The molecule has 0 heterocycles. The van der Waals surface area contributed by atoms with Crippen LogP contribution in [0.4, 0.5) is 0 Å². The second-order valence-electron chi connectivity index (χ2n) is 9.40. The Labute approximate surface area is 209 Å². The number of ether oxygens (including phenoxy) is 1. The van der Waals surface area contributed by atoms with Crippen molar-refractivity contribution >= 4 is 6.15 Å². The van der Waals surface area contributed by atoms with Crippen molar-refractivity contribution in [2.75, 3.05) is 33.4 Å². The Morgan fingerprint density at radius 2 is 1.80 bits per heavy atom. The smallest absolute Gasteiger partial charge is 0.373 e. The van der Waals surface area contributed by atoms with Gasteiger partial charge in [0.15, 0.2) is 0 Å². The Balaban J connectivity index is 0.000000521. The Kier molecular flexibility index (Phi) is 16.5. The van der Waals surface area contributed by atoms with E-state index < -0.39 is 0 Å². The summed E-state index contributed by atoms with van der Waals surface area (Å²) in [5.74, 6) is 2.45. The Hall–Kier alpha value is -1.80. The monoisotopic (exact) mass is 495 g/mol. The van der Waals surface area contributed by atoms with Crippen LogP contribution in [0, 0.1) is 17.8 Å². The van der Waals surface area contributed by atoms with Crippen LogP contribution in [0.3, 0.4) is 0 Å². The molecule has 1 fully saturated rings. The van der Waals surface area contributed by atoms with E-state index in [4.69, 9.17) is 24.5 Å². The minimum absolute atomic E-state index is 0.139. The largest absolute Gasteiger partial charge is 0.496 e. The molecule has 5 atom stereocenters. The fourth-order valence-electron chi connectivity index (χ4n) is 5.44. The number of rotatable bonds is 12. The second kappa shape index (κ2) is 18.5.